The standard InChI is InChI=1S/C18H27NO3/c1-18(2,13-20)9-5-10-19-17(21)12-14-8-11-22-16-7-4-3-6-15(14)16/h3-4,6-7,14,20H,5,8-13H2,1-2H3,(H,19,21). The average molecular weight is 305 g/mol. The molecular formula is C18H27NO3. The van der Waals surface area contributed by atoms with Gasteiger partial charge in [0, 0.05) is 19.6 Å². The molecule has 0 fully saturated rings. The average Bonchev–Trinajstić information content (AvgIpc) is 2.52. The summed E-state index contributed by atoms with van der Waals surface area (Å²) in [6, 6.07) is 7.98. The van der Waals surface area contributed by atoms with Crippen LogP contribution in [0.1, 0.15) is 51.0 Å². The molecule has 122 valence electrons. The van der Waals surface area contributed by atoms with Gasteiger partial charge in [0.15, 0.2) is 0 Å². The molecule has 1 aliphatic rings. The zero-order valence-corrected chi connectivity index (χ0v) is 13.6. The van der Waals surface area contributed by atoms with E-state index in [-0.39, 0.29) is 23.8 Å². The van der Waals surface area contributed by atoms with Crippen molar-refractivity contribution in [1.29, 1.82) is 0 Å². The number of para-hydroxylation sites is 1. The van der Waals surface area contributed by atoms with Gasteiger partial charge in [-0.15, -0.1) is 0 Å². The third kappa shape index (κ3) is 4.73. The third-order valence-corrected chi connectivity index (χ3v) is 4.30. The van der Waals surface area contributed by atoms with Crippen molar-refractivity contribution < 1.29 is 14.6 Å². The molecule has 1 aliphatic heterocycles. The SMILES string of the molecule is CC(C)(CO)CCCNC(=O)CC1CCOc2ccccc21. The number of benzene rings is 1. The Labute approximate surface area is 132 Å². The minimum Gasteiger partial charge on any atom is -0.493 e. The highest BCUT2D eigenvalue weighted by atomic mass is 16.5. The maximum absolute atomic E-state index is 12.1. The molecule has 0 saturated heterocycles. The van der Waals surface area contributed by atoms with Crippen molar-refractivity contribution in [1.82, 2.24) is 5.32 Å². The van der Waals surface area contributed by atoms with Crippen LogP contribution in [0.25, 0.3) is 0 Å². The second-order valence-electron chi connectivity index (χ2n) is 6.85. The maximum atomic E-state index is 12.1. The Morgan fingerprint density at radius 2 is 2.18 bits per heavy atom. The molecule has 0 radical (unpaired) electrons. The number of aliphatic hydroxyl groups excluding tert-OH is 1. The van der Waals surface area contributed by atoms with Crippen LogP contribution in [-0.4, -0.2) is 30.8 Å². The fourth-order valence-corrected chi connectivity index (χ4v) is 2.80. The lowest BCUT2D eigenvalue weighted by Gasteiger charge is -2.25. The fourth-order valence-electron chi connectivity index (χ4n) is 2.80. The number of rotatable bonds is 7. The molecule has 0 aromatic heterocycles. The Bertz CT molecular complexity index is 499. The van der Waals surface area contributed by atoms with Gasteiger partial charge in [-0.3, -0.25) is 4.79 Å². The van der Waals surface area contributed by atoms with E-state index in [0.717, 1.165) is 30.6 Å². The summed E-state index contributed by atoms with van der Waals surface area (Å²) in [5.74, 6) is 1.26. The number of ether oxygens (including phenoxy) is 1. The third-order valence-electron chi connectivity index (χ3n) is 4.30. The van der Waals surface area contributed by atoms with Gasteiger partial charge in [0.05, 0.1) is 6.61 Å². The molecule has 1 aromatic rings. The first-order valence-electron chi connectivity index (χ1n) is 8.11. The number of carbonyl (C=O) groups is 1. The summed E-state index contributed by atoms with van der Waals surface area (Å²) in [6.07, 6.45) is 3.21. The second kappa shape index (κ2) is 7.63. The number of carbonyl (C=O) groups excluding carboxylic acids is 1. The fraction of sp³-hybridized carbons (Fsp3) is 0.611. The van der Waals surface area contributed by atoms with E-state index in [2.05, 4.69) is 11.4 Å². The van der Waals surface area contributed by atoms with Gasteiger partial charge in [-0.1, -0.05) is 32.0 Å². The zero-order chi connectivity index (χ0) is 16.0. The van der Waals surface area contributed by atoms with E-state index in [9.17, 15) is 9.90 Å². The van der Waals surface area contributed by atoms with Crippen LogP contribution in [0.4, 0.5) is 0 Å². The van der Waals surface area contributed by atoms with E-state index in [1.54, 1.807) is 0 Å². The summed E-state index contributed by atoms with van der Waals surface area (Å²) < 4.78 is 5.63. The van der Waals surface area contributed by atoms with Crippen molar-refractivity contribution in [2.45, 2.75) is 45.4 Å². The molecule has 1 atom stereocenters. The van der Waals surface area contributed by atoms with Crippen LogP contribution < -0.4 is 10.1 Å². The van der Waals surface area contributed by atoms with Crippen LogP contribution in [0, 0.1) is 5.41 Å². The van der Waals surface area contributed by atoms with Gasteiger partial charge < -0.3 is 15.2 Å². The first-order valence-corrected chi connectivity index (χ1v) is 8.11. The molecule has 1 amide bonds. The number of hydrogen-bond acceptors (Lipinski definition) is 3. The summed E-state index contributed by atoms with van der Waals surface area (Å²) in [7, 11) is 0. The van der Waals surface area contributed by atoms with Crippen molar-refractivity contribution in [3.63, 3.8) is 0 Å². The van der Waals surface area contributed by atoms with Crippen LogP contribution in [0.15, 0.2) is 24.3 Å². The van der Waals surface area contributed by atoms with Crippen LogP contribution in [0.3, 0.4) is 0 Å². The van der Waals surface area contributed by atoms with Gasteiger partial charge in [0.25, 0.3) is 0 Å². The Kier molecular flexibility index (Phi) is 5.83. The quantitative estimate of drug-likeness (QED) is 0.762. The van der Waals surface area contributed by atoms with Crippen molar-refractivity contribution in [3.05, 3.63) is 29.8 Å². The number of aliphatic hydroxyl groups is 1. The second-order valence-corrected chi connectivity index (χ2v) is 6.85. The Hall–Kier alpha value is -1.55. The predicted molar refractivity (Wildman–Crippen MR) is 87.0 cm³/mol. The molecule has 4 heteroatoms. The number of nitrogens with one attached hydrogen (secondary N) is 1. The maximum Gasteiger partial charge on any atom is 0.220 e. The van der Waals surface area contributed by atoms with Gasteiger partial charge in [0.1, 0.15) is 5.75 Å². The van der Waals surface area contributed by atoms with Crippen LogP contribution >= 0.6 is 0 Å². The topological polar surface area (TPSA) is 58.6 Å². The van der Waals surface area contributed by atoms with Crippen molar-refractivity contribution in [3.8, 4) is 5.75 Å². The minimum atomic E-state index is -0.0651. The Balaban J connectivity index is 1.76. The van der Waals surface area contributed by atoms with E-state index in [0.29, 0.717) is 19.6 Å². The summed E-state index contributed by atoms with van der Waals surface area (Å²) in [5, 5.41) is 12.2. The summed E-state index contributed by atoms with van der Waals surface area (Å²) in [4.78, 5) is 12.1. The lowest BCUT2D eigenvalue weighted by Crippen LogP contribution is -2.28. The highest BCUT2D eigenvalue weighted by Gasteiger charge is 2.23. The van der Waals surface area contributed by atoms with Gasteiger partial charge in [-0.05, 0) is 42.2 Å². The molecule has 1 heterocycles. The number of hydrogen-bond donors (Lipinski definition) is 2. The molecular weight excluding hydrogens is 278 g/mol. The molecule has 1 unspecified atom stereocenters. The van der Waals surface area contributed by atoms with Gasteiger partial charge in [-0.2, -0.15) is 0 Å². The lowest BCUT2D eigenvalue weighted by molar-refractivity contribution is -0.121. The minimum absolute atomic E-state index is 0.0651. The summed E-state index contributed by atoms with van der Waals surface area (Å²) in [6.45, 7) is 5.61. The summed E-state index contributed by atoms with van der Waals surface area (Å²) >= 11 is 0. The monoisotopic (exact) mass is 305 g/mol. The van der Waals surface area contributed by atoms with E-state index >= 15 is 0 Å². The highest BCUT2D eigenvalue weighted by Crippen LogP contribution is 2.35. The summed E-state index contributed by atoms with van der Waals surface area (Å²) in [5.41, 5.74) is 1.08. The van der Waals surface area contributed by atoms with Crippen molar-refractivity contribution in [2.24, 2.45) is 5.41 Å². The van der Waals surface area contributed by atoms with Gasteiger partial charge in [0.2, 0.25) is 5.91 Å². The van der Waals surface area contributed by atoms with E-state index in [1.165, 1.54) is 0 Å². The van der Waals surface area contributed by atoms with E-state index in [1.807, 2.05) is 32.0 Å². The molecule has 4 nitrogen and oxygen atoms in total. The highest BCUT2D eigenvalue weighted by molar-refractivity contribution is 5.77. The van der Waals surface area contributed by atoms with Crippen molar-refractivity contribution >= 4 is 5.91 Å². The molecule has 2 N–H and O–H groups in total. The molecule has 0 bridgehead atoms. The smallest absolute Gasteiger partial charge is 0.220 e. The van der Waals surface area contributed by atoms with Crippen LogP contribution in [-0.2, 0) is 4.79 Å². The van der Waals surface area contributed by atoms with Crippen LogP contribution in [0.2, 0.25) is 0 Å². The molecule has 0 saturated carbocycles. The predicted octanol–water partition coefficient (Wildman–Crippen LogP) is 2.86. The largest absolute Gasteiger partial charge is 0.493 e. The lowest BCUT2D eigenvalue weighted by atomic mass is 9.89. The number of amides is 1. The molecule has 22 heavy (non-hydrogen) atoms. The zero-order valence-electron chi connectivity index (χ0n) is 13.6. The normalized spacial score (nSPS) is 17.5. The number of fused-ring (bicyclic) bond motifs is 1. The van der Waals surface area contributed by atoms with E-state index < -0.39 is 0 Å². The van der Waals surface area contributed by atoms with Gasteiger partial charge >= 0.3 is 0 Å². The molecule has 2 rings (SSSR count). The molecule has 0 aliphatic carbocycles. The Morgan fingerprint density at radius 1 is 1.41 bits per heavy atom. The van der Waals surface area contributed by atoms with Gasteiger partial charge in [-0.25, -0.2) is 0 Å². The van der Waals surface area contributed by atoms with E-state index in [4.69, 9.17) is 4.74 Å². The van der Waals surface area contributed by atoms with Crippen LogP contribution in [0.5, 0.6) is 5.75 Å². The molecule has 0 spiro atoms. The molecule has 1 aromatic carbocycles. The first kappa shape index (κ1) is 16.8. The van der Waals surface area contributed by atoms with Crippen molar-refractivity contribution in [2.75, 3.05) is 19.8 Å². The first-order chi connectivity index (χ1) is 10.5. The Morgan fingerprint density at radius 3 is 2.95 bits per heavy atom.